The summed E-state index contributed by atoms with van der Waals surface area (Å²) < 4.78 is 10.5. The fraction of sp³-hybridized carbons (Fsp3) is 0.800. The maximum Gasteiger partial charge on any atom is 0.306 e. The summed E-state index contributed by atoms with van der Waals surface area (Å²) in [6, 6.07) is 0. The summed E-state index contributed by atoms with van der Waals surface area (Å²) in [6.45, 7) is 6.30. The monoisotopic (exact) mass is 649 g/mol. The highest BCUT2D eigenvalue weighted by Crippen LogP contribution is 2.14. The zero-order chi connectivity index (χ0) is 33.9. The van der Waals surface area contributed by atoms with Crippen molar-refractivity contribution in [2.24, 2.45) is 5.92 Å². The van der Waals surface area contributed by atoms with Gasteiger partial charge in [0.05, 0.1) is 12.7 Å². The van der Waals surface area contributed by atoms with Gasteiger partial charge in [0.1, 0.15) is 6.61 Å². The average molecular weight is 649 g/mol. The molecule has 0 spiro atoms. The zero-order valence-corrected chi connectivity index (χ0v) is 30.1. The van der Waals surface area contributed by atoms with Gasteiger partial charge in [-0.15, -0.1) is 0 Å². The number of carbonyl (C=O) groups excluding carboxylic acids is 2. The van der Waals surface area contributed by atoms with Crippen LogP contribution in [0.15, 0.2) is 36.5 Å². The third-order valence-corrected chi connectivity index (χ3v) is 8.22. The molecule has 268 valence electrons. The number of rotatable bonds is 33. The summed E-state index contributed by atoms with van der Waals surface area (Å²) in [6.07, 6.45) is 36.6. The first-order valence-corrected chi connectivity index (χ1v) is 19.0. The number of hydrogen-bond donors (Lipinski definition) is 2. The molecule has 0 aromatic rings. The van der Waals surface area contributed by atoms with E-state index in [0.717, 1.165) is 38.0 Å². The summed E-state index contributed by atoms with van der Waals surface area (Å²) in [5.74, 6) is 0.0373. The Morgan fingerprint density at radius 3 is 1.87 bits per heavy atom. The van der Waals surface area contributed by atoms with Crippen LogP contribution in [0.5, 0.6) is 0 Å². The number of aliphatic hydroxyl groups excluding tert-OH is 2. The molecule has 2 atom stereocenters. The molecule has 0 amide bonds. The van der Waals surface area contributed by atoms with E-state index in [0.29, 0.717) is 19.3 Å². The fourth-order valence-corrected chi connectivity index (χ4v) is 5.28. The molecule has 0 saturated carbocycles. The number of unbranched alkanes of at least 4 members (excludes halogenated alkanes) is 16. The van der Waals surface area contributed by atoms with Crippen LogP contribution in [0.4, 0.5) is 0 Å². The van der Waals surface area contributed by atoms with Crippen LogP contribution in [0.1, 0.15) is 175 Å². The van der Waals surface area contributed by atoms with Gasteiger partial charge in [0.2, 0.25) is 0 Å². The van der Waals surface area contributed by atoms with Crippen molar-refractivity contribution < 1.29 is 29.3 Å². The molecule has 0 saturated heterocycles. The Bertz CT molecular complexity index is 772. The second-order valence-corrected chi connectivity index (χ2v) is 13.3. The largest absolute Gasteiger partial charge is 0.462 e. The standard InChI is InChI=1S/C40H72O6/c1-4-5-6-7-8-9-10-11-14-17-20-23-26-30-37(42)31-28-33-40(44)46-38(34-41)35-45-39(43)32-27-24-21-18-15-12-13-16-19-22-25-29-36(2)3/h11,14,20,23,26,30,36-38,41-42H,4-10,12-13,15-19,21-22,24-25,27-29,31-35H2,1-3H3/b14-11+,23-20+,30-26+/t37?,38-/m0/s1. The van der Waals surface area contributed by atoms with Crippen LogP contribution in [0.25, 0.3) is 0 Å². The van der Waals surface area contributed by atoms with E-state index in [2.05, 4.69) is 39.0 Å². The molecular formula is C40H72O6. The van der Waals surface area contributed by atoms with Crippen molar-refractivity contribution in [1.29, 1.82) is 0 Å². The maximum atomic E-state index is 12.2. The minimum atomic E-state index is -0.860. The van der Waals surface area contributed by atoms with Crippen LogP contribution < -0.4 is 0 Å². The smallest absolute Gasteiger partial charge is 0.306 e. The van der Waals surface area contributed by atoms with Crippen LogP contribution in [-0.4, -0.2) is 47.6 Å². The number of hydrogen-bond acceptors (Lipinski definition) is 6. The highest BCUT2D eigenvalue weighted by Gasteiger charge is 2.16. The summed E-state index contributed by atoms with van der Waals surface area (Å²) in [5.41, 5.74) is 0. The first kappa shape index (κ1) is 44.1. The third-order valence-electron chi connectivity index (χ3n) is 8.22. The molecule has 0 aliphatic rings. The van der Waals surface area contributed by atoms with Crippen LogP contribution in [0.3, 0.4) is 0 Å². The van der Waals surface area contributed by atoms with E-state index in [4.69, 9.17) is 9.47 Å². The summed E-state index contributed by atoms with van der Waals surface area (Å²) in [4.78, 5) is 24.2. The van der Waals surface area contributed by atoms with Crippen molar-refractivity contribution in [3.8, 4) is 0 Å². The van der Waals surface area contributed by atoms with Crippen molar-refractivity contribution in [2.75, 3.05) is 13.2 Å². The first-order valence-electron chi connectivity index (χ1n) is 19.0. The molecule has 0 aromatic heterocycles. The zero-order valence-electron chi connectivity index (χ0n) is 30.1. The highest BCUT2D eigenvalue weighted by atomic mass is 16.6. The lowest BCUT2D eigenvalue weighted by molar-refractivity contribution is -0.161. The van der Waals surface area contributed by atoms with Crippen molar-refractivity contribution in [3.05, 3.63) is 36.5 Å². The Balaban J connectivity index is 3.76. The number of carbonyl (C=O) groups is 2. The minimum absolute atomic E-state index is 0.132. The van der Waals surface area contributed by atoms with Gasteiger partial charge in [-0.05, 0) is 44.4 Å². The molecule has 0 aliphatic heterocycles. The molecule has 6 nitrogen and oxygen atoms in total. The molecule has 46 heavy (non-hydrogen) atoms. The number of aliphatic hydroxyl groups is 2. The quantitative estimate of drug-likeness (QED) is 0.0318. The molecular weight excluding hydrogens is 576 g/mol. The van der Waals surface area contributed by atoms with E-state index in [-0.39, 0.29) is 19.0 Å². The molecule has 0 bridgehead atoms. The van der Waals surface area contributed by atoms with Crippen molar-refractivity contribution in [1.82, 2.24) is 0 Å². The Morgan fingerprint density at radius 2 is 1.24 bits per heavy atom. The van der Waals surface area contributed by atoms with E-state index in [1.165, 1.54) is 96.3 Å². The fourth-order valence-electron chi connectivity index (χ4n) is 5.28. The number of allylic oxidation sites excluding steroid dienone is 5. The molecule has 0 radical (unpaired) electrons. The van der Waals surface area contributed by atoms with Crippen molar-refractivity contribution >= 4 is 11.9 Å². The van der Waals surface area contributed by atoms with Gasteiger partial charge in [-0.25, -0.2) is 0 Å². The number of ether oxygens (including phenoxy) is 2. The normalized spacial score (nSPS) is 13.3. The van der Waals surface area contributed by atoms with E-state index in [1.54, 1.807) is 6.08 Å². The summed E-state index contributed by atoms with van der Waals surface area (Å²) in [7, 11) is 0. The lowest BCUT2D eigenvalue weighted by atomic mass is 10.0. The van der Waals surface area contributed by atoms with Crippen LogP contribution in [-0.2, 0) is 19.1 Å². The van der Waals surface area contributed by atoms with Crippen LogP contribution >= 0.6 is 0 Å². The van der Waals surface area contributed by atoms with Crippen molar-refractivity contribution in [3.63, 3.8) is 0 Å². The summed E-state index contributed by atoms with van der Waals surface area (Å²) >= 11 is 0. The van der Waals surface area contributed by atoms with E-state index < -0.39 is 24.8 Å². The molecule has 0 heterocycles. The average Bonchev–Trinajstić information content (AvgIpc) is 3.03. The molecule has 6 heteroatoms. The Kier molecular flexibility index (Phi) is 33.0. The Labute approximate surface area is 283 Å². The molecule has 0 aliphatic carbocycles. The van der Waals surface area contributed by atoms with Gasteiger partial charge in [0, 0.05) is 12.8 Å². The molecule has 0 fully saturated rings. The van der Waals surface area contributed by atoms with Gasteiger partial charge in [0.25, 0.3) is 0 Å². The van der Waals surface area contributed by atoms with E-state index in [1.807, 2.05) is 12.2 Å². The maximum absolute atomic E-state index is 12.2. The van der Waals surface area contributed by atoms with Gasteiger partial charge >= 0.3 is 11.9 Å². The van der Waals surface area contributed by atoms with E-state index >= 15 is 0 Å². The lowest BCUT2D eigenvalue weighted by Crippen LogP contribution is -2.28. The van der Waals surface area contributed by atoms with Gasteiger partial charge in [-0.2, -0.15) is 0 Å². The SMILES string of the molecule is CCCCCCCC/C=C/C/C=C/C=C/C(O)CCCC(=O)O[C@@H](CO)COC(=O)CCCCCCCCCCCCCC(C)C. The molecule has 1 unspecified atom stereocenters. The third kappa shape index (κ3) is 33.4. The van der Waals surface area contributed by atoms with Crippen LogP contribution in [0, 0.1) is 5.92 Å². The predicted octanol–water partition coefficient (Wildman–Crippen LogP) is 10.5. The van der Waals surface area contributed by atoms with Gasteiger partial charge in [-0.3, -0.25) is 9.59 Å². The van der Waals surface area contributed by atoms with Crippen molar-refractivity contribution in [2.45, 2.75) is 187 Å². The summed E-state index contributed by atoms with van der Waals surface area (Å²) in [5, 5.41) is 19.7. The molecule has 0 rings (SSSR count). The van der Waals surface area contributed by atoms with Crippen LogP contribution in [0.2, 0.25) is 0 Å². The Hall–Kier alpha value is -1.92. The highest BCUT2D eigenvalue weighted by molar-refractivity contribution is 5.70. The molecule has 2 N–H and O–H groups in total. The number of esters is 2. The minimum Gasteiger partial charge on any atom is -0.462 e. The molecule has 0 aromatic carbocycles. The van der Waals surface area contributed by atoms with Gasteiger partial charge in [-0.1, -0.05) is 160 Å². The predicted molar refractivity (Wildman–Crippen MR) is 193 cm³/mol. The second kappa shape index (κ2) is 34.4. The lowest BCUT2D eigenvalue weighted by Gasteiger charge is -2.16. The Morgan fingerprint density at radius 1 is 0.652 bits per heavy atom. The van der Waals surface area contributed by atoms with E-state index in [9.17, 15) is 19.8 Å². The topological polar surface area (TPSA) is 93.1 Å². The van der Waals surface area contributed by atoms with Gasteiger partial charge < -0.3 is 19.7 Å². The van der Waals surface area contributed by atoms with Gasteiger partial charge in [0.15, 0.2) is 6.10 Å². The first-order chi connectivity index (χ1) is 22.4. The second-order valence-electron chi connectivity index (χ2n) is 13.3.